The molecule has 6 heteroatoms. The molecule has 0 fully saturated rings. The summed E-state index contributed by atoms with van der Waals surface area (Å²) in [5, 5.41) is 0. The van der Waals surface area contributed by atoms with E-state index in [2.05, 4.69) is 4.98 Å². The van der Waals surface area contributed by atoms with Crippen molar-refractivity contribution >= 4 is 23.6 Å². The maximum Gasteiger partial charge on any atom is 0.281 e. The molecule has 0 saturated carbocycles. The molecule has 1 rings (SSSR count). The van der Waals surface area contributed by atoms with E-state index in [0.29, 0.717) is 6.29 Å². The Morgan fingerprint density at radius 3 is 2.71 bits per heavy atom. The lowest BCUT2D eigenvalue weighted by atomic mass is 10.1. The molecule has 0 bridgehead atoms. The number of rotatable bonds is 3. The number of aldehydes is 1. The number of nitrogen functional groups attached to an aromatic ring is 1. The summed E-state index contributed by atoms with van der Waals surface area (Å²) in [5.41, 5.74) is 4.95. The number of aromatic nitrogens is 1. The standard InChI is InChI=1S/C8H7ClF2N2O/c9-2-6-5(12)1-4(3-14)7(13-6)8(10)11/h1,3,8H,2,12H2. The van der Waals surface area contributed by atoms with E-state index in [1.807, 2.05) is 0 Å². The van der Waals surface area contributed by atoms with Gasteiger partial charge in [-0.1, -0.05) is 0 Å². The average Bonchev–Trinajstić information content (AvgIpc) is 2.16. The largest absolute Gasteiger partial charge is 0.397 e. The van der Waals surface area contributed by atoms with Crippen molar-refractivity contribution in [3.05, 3.63) is 23.0 Å². The summed E-state index contributed by atoms with van der Waals surface area (Å²) in [5.74, 6) is -0.0648. The van der Waals surface area contributed by atoms with Crippen LogP contribution in [0.4, 0.5) is 14.5 Å². The second-order valence-corrected chi connectivity index (χ2v) is 2.82. The van der Waals surface area contributed by atoms with E-state index in [1.54, 1.807) is 0 Å². The number of anilines is 1. The third kappa shape index (κ3) is 1.98. The molecule has 76 valence electrons. The van der Waals surface area contributed by atoms with Gasteiger partial charge in [0.2, 0.25) is 0 Å². The quantitative estimate of drug-likeness (QED) is 0.627. The van der Waals surface area contributed by atoms with Crippen molar-refractivity contribution < 1.29 is 13.6 Å². The third-order valence-electron chi connectivity index (χ3n) is 1.66. The fourth-order valence-corrected chi connectivity index (χ4v) is 1.19. The van der Waals surface area contributed by atoms with Crippen molar-refractivity contribution in [3.63, 3.8) is 0 Å². The number of hydrogen-bond donors (Lipinski definition) is 1. The first-order valence-electron chi connectivity index (χ1n) is 3.68. The van der Waals surface area contributed by atoms with Crippen LogP contribution < -0.4 is 5.73 Å². The second-order valence-electron chi connectivity index (χ2n) is 2.55. The van der Waals surface area contributed by atoms with Crippen LogP contribution in [0.5, 0.6) is 0 Å². The highest BCUT2D eigenvalue weighted by Crippen LogP contribution is 2.24. The number of alkyl halides is 3. The number of halogens is 3. The normalized spacial score (nSPS) is 10.6. The van der Waals surface area contributed by atoms with Gasteiger partial charge in [-0.15, -0.1) is 11.6 Å². The fourth-order valence-electron chi connectivity index (χ4n) is 0.975. The Bertz CT molecular complexity index is 357. The summed E-state index contributed by atoms with van der Waals surface area (Å²) in [6, 6.07) is 1.15. The Balaban J connectivity index is 3.32. The van der Waals surface area contributed by atoms with Gasteiger partial charge in [-0.3, -0.25) is 4.79 Å². The van der Waals surface area contributed by atoms with Gasteiger partial charge in [0.15, 0.2) is 6.29 Å². The number of hydrogen-bond acceptors (Lipinski definition) is 3. The van der Waals surface area contributed by atoms with Gasteiger partial charge in [0.05, 0.1) is 17.3 Å². The van der Waals surface area contributed by atoms with Crippen LogP contribution in [0.1, 0.15) is 28.2 Å². The van der Waals surface area contributed by atoms with Crippen LogP contribution in [0.25, 0.3) is 0 Å². The zero-order chi connectivity index (χ0) is 10.7. The van der Waals surface area contributed by atoms with Crippen LogP contribution >= 0.6 is 11.6 Å². The molecular weight excluding hydrogens is 214 g/mol. The molecule has 0 radical (unpaired) electrons. The van der Waals surface area contributed by atoms with Crippen molar-refractivity contribution in [1.29, 1.82) is 0 Å². The van der Waals surface area contributed by atoms with E-state index >= 15 is 0 Å². The molecule has 0 aromatic carbocycles. The average molecular weight is 221 g/mol. The Hall–Kier alpha value is -1.23. The monoisotopic (exact) mass is 220 g/mol. The van der Waals surface area contributed by atoms with Crippen LogP contribution in [0.2, 0.25) is 0 Å². The van der Waals surface area contributed by atoms with E-state index < -0.39 is 12.1 Å². The van der Waals surface area contributed by atoms with Gasteiger partial charge in [-0.25, -0.2) is 13.8 Å². The molecule has 1 aromatic rings. The van der Waals surface area contributed by atoms with E-state index in [-0.39, 0.29) is 22.8 Å². The van der Waals surface area contributed by atoms with E-state index in [0.717, 1.165) is 6.07 Å². The molecule has 2 N–H and O–H groups in total. The maximum atomic E-state index is 12.4. The SMILES string of the molecule is Nc1cc(C=O)c(C(F)F)nc1CCl. The van der Waals surface area contributed by atoms with Crippen LogP contribution in [0.3, 0.4) is 0 Å². The van der Waals surface area contributed by atoms with Gasteiger partial charge in [0.1, 0.15) is 5.69 Å². The van der Waals surface area contributed by atoms with Crippen molar-refractivity contribution in [2.24, 2.45) is 0 Å². The molecule has 0 unspecified atom stereocenters. The molecule has 0 spiro atoms. The highest BCUT2D eigenvalue weighted by atomic mass is 35.5. The van der Waals surface area contributed by atoms with Crippen molar-refractivity contribution in [2.75, 3.05) is 5.73 Å². The molecule has 0 aliphatic carbocycles. The number of carbonyl (C=O) groups excluding carboxylic acids is 1. The molecule has 0 amide bonds. The number of nitrogens with two attached hydrogens (primary N) is 1. The number of nitrogens with zero attached hydrogens (tertiary/aromatic N) is 1. The Morgan fingerprint density at radius 2 is 2.29 bits per heavy atom. The highest BCUT2D eigenvalue weighted by molar-refractivity contribution is 6.17. The first kappa shape index (κ1) is 10.8. The molecular formula is C8H7ClF2N2O. The van der Waals surface area contributed by atoms with Crippen molar-refractivity contribution in [3.8, 4) is 0 Å². The highest BCUT2D eigenvalue weighted by Gasteiger charge is 2.16. The Kier molecular flexibility index (Phi) is 3.35. The van der Waals surface area contributed by atoms with Crippen LogP contribution in [-0.4, -0.2) is 11.3 Å². The van der Waals surface area contributed by atoms with Gasteiger partial charge in [0.25, 0.3) is 6.43 Å². The van der Waals surface area contributed by atoms with Crippen LogP contribution in [0, 0.1) is 0 Å². The lowest BCUT2D eigenvalue weighted by molar-refractivity contribution is 0.110. The maximum absolute atomic E-state index is 12.4. The molecule has 0 aliphatic rings. The predicted molar refractivity (Wildman–Crippen MR) is 48.6 cm³/mol. The van der Waals surface area contributed by atoms with Gasteiger partial charge >= 0.3 is 0 Å². The summed E-state index contributed by atoms with van der Waals surface area (Å²) < 4.78 is 24.7. The summed E-state index contributed by atoms with van der Waals surface area (Å²) in [6.45, 7) is 0. The third-order valence-corrected chi connectivity index (χ3v) is 1.91. The molecule has 14 heavy (non-hydrogen) atoms. The Morgan fingerprint density at radius 1 is 1.64 bits per heavy atom. The first-order valence-corrected chi connectivity index (χ1v) is 4.22. The van der Waals surface area contributed by atoms with Crippen molar-refractivity contribution in [1.82, 2.24) is 4.98 Å². The molecule has 0 aliphatic heterocycles. The molecule has 3 nitrogen and oxygen atoms in total. The lowest BCUT2D eigenvalue weighted by Crippen LogP contribution is -2.04. The Labute approximate surface area is 83.9 Å². The lowest BCUT2D eigenvalue weighted by Gasteiger charge is -2.07. The predicted octanol–water partition coefficient (Wildman–Crippen LogP) is 2.15. The van der Waals surface area contributed by atoms with Crippen molar-refractivity contribution in [2.45, 2.75) is 12.3 Å². The minimum absolute atomic E-state index is 0.0648. The zero-order valence-electron chi connectivity index (χ0n) is 7.01. The summed E-state index contributed by atoms with van der Waals surface area (Å²) in [6.07, 6.45) is -2.51. The fraction of sp³-hybridized carbons (Fsp3) is 0.250. The van der Waals surface area contributed by atoms with Gasteiger partial charge in [0, 0.05) is 5.56 Å². The topological polar surface area (TPSA) is 56.0 Å². The minimum Gasteiger partial charge on any atom is -0.397 e. The minimum atomic E-state index is -2.81. The number of pyridine rings is 1. The van der Waals surface area contributed by atoms with E-state index in [1.165, 1.54) is 0 Å². The summed E-state index contributed by atoms with van der Waals surface area (Å²) >= 11 is 5.43. The van der Waals surface area contributed by atoms with Gasteiger partial charge in [-0.2, -0.15) is 0 Å². The molecule has 1 heterocycles. The van der Waals surface area contributed by atoms with Gasteiger partial charge in [-0.05, 0) is 6.07 Å². The van der Waals surface area contributed by atoms with Gasteiger partial charge < -0.3 is 5.73 Å². The summed E-state index contributed by atoms with van der Waals surface area (Å²) in [4.78, 5) is 13.9. The smallest absolute Gasteiger partial charge is 0.281 e. The van der Waals surface area contributed by atoms with Crippen LogP contribution in [0.15, 0.2) is 6.07 Å². The zero-order valence-corrected chi connectivity index (χ0v) is 7.76. The molecule has 1 aromatic heterocycles. The number of carbonyl (C=O) groups is 1. The first-order chi connectivity index (χ1) is 6.60. The van der Waals surface area contributed by atoms with E-state index in [9.17, 15) is 13.6 Å². The second kappa shape index (κ2) is 4.32. The van der Waals surface area contributed by atoms with E-state index in [4.69, 9.17) is 17.3 Å². The summed E-state index contributed by atoms with van der Waals surface area (Å²) in [7, 11) is 0. The van der Waals surface area contributed by atoms with Crippen LogP contribution in [-0.2, 0) is 5.88 Å². The molecule has 0 atom stereocenters. The molecule has 0 saturated heterocycles.